The van der Waals surface area contributed by atoms with Crippen LogP contribution in [-0.4, -0.2) is 40.8 Å². The molecule has 0 aliphatic rings. The van der Waals surface area contributed by atoms with E-state index in [1.807, 2.05) is 31.3 Å². The Morgan fingerprint density at radius 3 is 2.95 bits per heavy atom. The van der Waals surface area contributed by atoms with Crippen molar-refractivity contribution >= 4 is 32.7 Å². The van der Waals surface area contributed by atoms with E-state index in [2.05, 4.69) is 26.3 Å². The van der Waals surface area contributed by atoms with Gasteiger partial charge in [-0.05, 0) is 12.5 Å². The van der Waals surface area contributed by atoms with Gasteiger partial charge in [-0.3, -0.25) is 9.48 Å². The third-order valence-electron chi connectivity index (χ3n) is 3.13. The third-order valence-corrected chi connectivity index (χ3v) is 3.59. The Morgan fingerprint density at radius 1 is 1.50 bits per heavy atom. The summed E-state index contributed by atoms with van der Waals surface area (Å²) in [6.45, 7) is 0.488. The molecule has 0 fully saturated rings. The number of rotatable bonds is 6. The lowest BCUT2D eigenvalue weighted by Gasteiger charge is -2.16. The number of hydrogen-bond acceptors (Lipinski definition) is 3. The van der Waals surface area contributed by atoms with Crippen LogP contribution in [0.5, 0.6) is 0 Å². The van der Waals surface area contributed by atoms with E-state index >= 15 is 0 Å². The fraction of sp³-hybridized carbons (Fsp3) is 0.429. The molecule has 0 spiro atoms. The number of nitrogens with one attached hydrogen (secondary N) is 1. The van der Waals surface area contributed by atoms with Gasteiger partial charge in [-0.1, -0.05) is 34.1 Å². The molecule has 0 aliphatic heterocycles. The smallest absolute Gasteiger partial charge is 0.272 e. The van der Waals surface area contributed by atoms with E-state index in [9.17, 15) is 4.79 Å². The predicted octanol–water partition coefficient (Wildman–Crippen LogP) is 2.10. The summed E-state index contributed by atoms with van der Waals surface area (Å²) in [6, 6.07) is 7.68. The summed E-state index contributed by atoms with van der Waals surface area (Å²) in [7, 11) is 3.47. The molecule has 1 amide bonds. The van der Waals surface area contributed by atoms with E-state index in [1.54, 1.807) is 11.8 Å². The number of alkyl halides is 1. The van der Waals surface area contributed by atoms with Crippen molar-refractivity contribution in [1.29, 1.82) is 0 Å². The van der Waals surface area contributed by atoms with Crippen LogP contribution in [0.25, 0.3) is 10.9 Å². The van der Waals surface area contributed by atoms with Crippen LogP contribution in [0, 0.1) is 0 Å². The number of aromatic nitrogens is 2. The van der Waals surface area contributed by atoms with Crippen molar-refractivity contribution in [3.05, 3.63) is 30.0 Å². The first-order chi connectivity index (χ1) is 9.67. The van der Waals surface area contributed by atoms with E-state index in [0.717, 1.165) is 22.7 Å². The molecule has 1 N–H and O–H groups in total. The highest BCUT2D eigenvalue weighted by Gasteiger charge is 2.18. The Hall–Kier alpha value is -1.40. The topological polar surface area (TPSA) is 56.1 Å². The Morgan fingerprint density at radius 2 is 2.25 bits per heavy atom. The van der Waals surface area contributed by atoms with Crippen molar-refractivity contribution in [3.8, 4) is 0 Å². The highest BCUT2D eigenvalue weighted by Crippen LogP contribution is 2.17. The van der Waals surface area contributed by atoms with Crippen LogP contribution < -0.4 is 5.32 Å². The van der Waals surface area contributed by atoms with Crippen molar-refractivity contribution in [3.63, 3.8) is 0 Å². The van der Waals surface area contributed by atoms with E-state index in [1.165, 1.54) is 0 Å². The molecule has 20 heavy (non-hydrogen) atoms. The van der Waals surface area contributed by atoms with Crippen LogP contribution in [0.4, 0.5) is 0 Å². The second-order valence-electron chi connectivity index (χ2n) is 4.59. The van der Waals surface area contributed by atoms with E-state index in [0.29, 0.717) is 12.3 Å². The Kier molecular flexibility index (Phi) is 5.14. The van der Waals surface area contributed by atoms with Crippen molar-refractivity contribution in [2.45, 2.75) is 12.5 Å². The zero-order valence-electron chi connectivity index (χ0n) is 11.6. The normalized spacial score (nSPS) is 12.6. The molecule has 0 saturated heterocycles. The van der Waals surface area contributed by atoms with Gasteiger partial charge < -0.3 is 10.1 Å². The molecule has 0 aliphatic carbocycles. The number of ether oxygens (including phenoxy) is 1. The van der Waals surface area contributed by atoms with Gasteiger partial charge in [-0.2, -0.15) is 5.10 Å². The van der Waals surface area contributed by atoms with Gasteiger partial charge in [0.25, 0.3) is 5.91 Å². The molecule has 1 heterocycles. The van der Waals surface area contributed by atoms with Crippen LogP contribution in [0.1, 0.15) is 16.9 Å². The lowest BCUT2D eigenvalue weighted by molar-refractivity contribution is 0.0891. The van der Waals surface area contributed by atoms with Gasteiger partial charge in [0, 0.05) is 24.9 Å². The number of fused-ring (bicyclic) bond motifs is 1. The van der Waals surface area contributed by atoms with Crippen LogP contribution in [0.2, 0.25) is 0 Å². The van der Waals surface area contributed by atoms with Gasteiger partial charge in [0.05, 0.1) is 18.2 Å². The van der Waals surface area contributed by atoms with Crippen molar-refractivity contribution in [1.82, 2.24) is 15.1 Å². The largest absolute Gasteiger partial charge is 0.383 e. The van der Waals surface area contributed by atoms with Crippen LogP contribution in [0.3, 0.4) is 0 Å². The van der Waals surface area contributed by atoms with Crippen molar-refractivity contribution in [2.24, 2.45) is 7.05 Å². The number of hydrogen-bond donors (Lipinski definition) is 1. The molecule has 5 nitrogen and oxygen atoms in total. The minimum Gasteiger partial charge on any atom is -0.383 e. The Bertz CT molecular complexity index is 591. The molecule has 1 aromatic carbocycles. The quantitative estimate of drug-likeness (QED) is 0.820. The van der Waals surface area contributed by atoms with Gasteiger partial charge in [0.1, 0.15) is 0 Å². The number of para-hydroxylation sites is 1. The first-order valence-electron chi connectivity index (χ1n) is 6.45. The van der Waals surface area contributed by atoms with E-state index in [-0.39, 0.29) is 11.9 Å². The number of carbonyl (C=O) groups excluding carboxylic acids is 1. The maximum atomic E-state index is 12.4. The summed E-state index contributed by atoms with van der Waals surface area (Å²) in [5.74, 6) is -0.162. The predicted molar refractivity (Wildman–Crippen MR) is 82.3 cm³/mol. The molecule has 1 atom stereocenters. The number of nitrogens with zero attached hydrogens (tertiary/aromatic N) is 2. The zero-order valence-corrected chi connectivity index (χ0v) is 13.2. The summed E-state index contributed by atoms with van der Waals surface area (Å²) in [6.07, 6.45) is 0.810. The summed E-state index contributed by atoms with van der Waals surface area (Å²) >= 11 is 3.38. The Balaban J connectivity index is 2.22. The molecule has 0 saturated carbocycles. The monoisotopic (exact) mass is 339 g/mol. The highest BCUT2D eigenvalue weighted by atomic mass is 79.9. The average molecular weight is 340 g/mol. The Labute approximate surface area is 126 Å². The maximum Gasteiger partial charge on any atom is 0.272 e. The lowest BCUT2D eigenvalue weighted by Crippen LogP contribution is -2.38. The van der Waals surface area contributed by atoms with Gasteiger partial charge in [-0.15, -0.1) is 0 Å². The average Bonchev–Trinajstić information content (AvgIpc) is 2.77. The van der Waals surface area contributed by atoms with Gasteiger partial charge in [-0.25, -0.2) is 0 Å². The highest BCUT2D eigenvalue weighted by molar-refractivity contribution is 9.09. The summed E-state index contributed by atoms with van der Waals surface area (Å²) in [4.78, 5) is 12.4. The number of methoxy groups -OCH3 is 1. The minimum absolute atomic E-state index is 0.0207. The first-order valence-corrected chi connectivity index (χ1v) is 7.57. The summed E-state index contributed by atoms with van der Waals surface area (Å²) < 4.78 is 6.85. The standard InChI is InChI=1S/C14H18BrN3O2/c1-18-12-6-4-3-5-11(12)13(17-18)14(19)16-10(7-8-15)9-20-2/h3-6,10H,7-9H2,1-2H3,(H,16,19). The molecule has 108 valence electrons. The zero-order chi connectivity index (χ0) is 14.5. The van der Waals surface area contributed by atoms with Crippen molar-refractivity contribution in [2.75, 3.05) is 19.0 Å². The minimum atomic E-state index is -0.162. The molecule has 2 aromatic rings. The summed E-state index contributed by atoms with van der Waals surface area (Å²) in [5.41, 5.74) is 1.40. The number of amides is 1. The number of aryl methyl sites for hydroxylation is 1. The molecule has 6 heteroatoms. The van der Waals surface area contributed by atoms with Crippen LogP contribution >= 0.6 is 15.9 Å². The third kappa shape index (κ3) is 3.19. The van der Waals surface area contributed by atoms with Gasteiger partial charge in [0.2, 0.25) is 0 Å². The van der Waals surface area contributed by atoms with E-state index in [4.69, 9.17) is 4.74 Å². The maximum absolute atomic E-state index is 12.4. The molecule has 0 bridgehead atoms. The van der Waals surface area contributed by atoms with Crippen molar-refractivity contribution < 1.29 is 9.53 Å². The fourth-order valence-corrected chi connectivity index (χ4v) is 2.72. The number of carbonyl (C=O) groups is 1. The SMILES string of the molecule is COCC(CCBr)NC(=O)c1nn(C)c2ccccc12. The second kappa shape index (κ2) is 6.85. The fourth-order valence-electron chi connectivity index (χ4n) is 2.17. The van der Waals surface area contributed by atoms with Gasteiger partial charge >= 0.3 is 0 Å². The molecule has 0 radical (unpaired) electrons. The molecule has 1 unspecified atom stereocenters. The number of halogens is 1. The summed E-state index contributed by atoms with van der Waals surface area (Å²) in [5, 5.41) is 8.96. The molecular formula is C14H18BrN3O2. The lowest BCUT2D eigenvalue weighted by atomic mass is 10.2. The second-order valence-corrected chi connectivity index (χ2v) is 5.39. The molecule has 1 aromatic heterocycles. The van der Waals surface area contributed by atoms with Gasteiger partial charge in [0.15, 0.2) is 5.69 Å². The first kappa shape index (κ1) is 15.0. The number of benzene rings is 1. The van der Waals surface area contributed by atoms with Crippen LogP contribution in [-0.2, 0) is 11.8 Å². The van der Waals surface area contributed by atoms with E-state index < -0.39 is 0 Å². The van der Waals surface area contributed by atoms with Crippen LogP contribution in [0.15, 0.2) is 24.3 Å². The molecular weight excluding hydrogens is 322 g/mol. The molecule has 2 rings (SSSR count).